The first-order valence-electron chi connectivity index (χ1n) is 9.69. The van der Waals surface area contributed by atoms with Crippen LogP contribution < -0.4 is 9.64 Å². The highest BCUT2D eigenvalue weighted by molar-refractivity contribution is 5.90. The van der Waals surface area contributed by atoms with Crippen LogP contribution in [0.4, 0.5) is 36.8 Å². The highest BCUT2D eigenvalue weighted by Crippen LogP contribution is 2.41. The number of ether oxygens (including phenoxy) is 2. The summed E-state index contributed by atoms with van der Waals surface area (Å²) in [4.78, 5) is 13.8. The molecule has 0 spiro atoms. The van der Waals surface area contributed by atoms with Gasteiger partial charge >= 0.3 is 18.4 Å². The molecule has 1 aliphatic rings. The van der Waals surface area contributed by atoms with Crippen LogP contribution in [-0.2, 0) is 30.1 Å². The summed E-state index contributed by atoms with van der Waals surface area (Å²) in [5.41, 5.74) is -2.78. The van der Waals surface area contributed by atoms with Crippen molar-refractivity contribution < 1.29 is 40.6 Å². The Morgan fingerprint density at radius 3 is 2.19 bits per heavy atom. The number of carbonyl (C=O) groups is 1. The normalized spacial score (nSPS) is 14.3. The maximum absolute atomic E-state index is 13.1. The molecule has 0 saturated heterocycles. The van der Waals surface area contributed by atoms with Gasteiger partial charge in [-0.3, -0.25) is 4.90 Å². The molecule has 2 aromatic carbocycles. The van der Waals surface area contributed by atoms with E-state index in [9.17, 15) is 31.1 Å². The molecule has 0 fully saturated rings. The summed E-state index contributed by atoms with van der Waals surface area (Å²) in [7, 11) is 0. The van der Waals surface area contributed by atoms with E-state index in [1.165, 1.54) is 11.0 Å². The van der Waals surface area contributed by atoms with Gasteiger partial charge in [-0.1, -0.05) is 6.07 Å². The zero-order valence-electron chi connectivity index (χ0n) is 17.5. The van der Waals surface area contributed by atoms with Gasteiger partial charge in [0.2, 0.25) is 0 Å². The van der Waals surface area contributed by atoms with E-state index < -0.39 is 35.2 Å². The lowest BCUT2D eigenvalue weighted by atomic mass is 10.0. The van der Waals surface area contributed by atoms with Gasteiger partial charge in [0.05, 0.1) is 16.8 Å². The molecule has 32 heavy (non-hydrogen) atoms. The fourth-order valence-corrected chi connectivity index (χ4v) is 3.30. The van der Waals surface area contributed by atoms with Crippen LogP contribution in [0.5, 0.6) is 5.75 Å². The van der Waals surface area contributed by atoms with Gasteiger partial charge in [0, 0.05) is 6.54 Å². The van der Waals surface area contributed by atoms with Crippen LogP contribution in [0.15, 0.2) is 36.4 Å². The summed E-state index contributed by atoms with van der Waals surface area (Å²) in [5.74, 6) is 0.322. The summed E-state index contributed by atoms with van der Waals surface area (Å²) in [6.07, 6.45) is -10.2. The third kappa shape index (κ3) is 5.46. The molecule has 0 atom stereocenters. The van der Waals surface area contributed by atoms with Gasteiger partial charge in [0.15, 0.2) is 0 Å². The molecule has 0 aromatic heterocycles. The van der Waals surface area contributed by atoms with Crippen molar-refractivity contribution in [3.05, 3.63) is 58.7 Å². The molecule has 0 aliphatic carbocycles. The molecule has 0 saturated carbocycles. The minimum Gasteiger partial charge on any atom is -0.489 e. The van der Waals surface area contributed by atoms with Crippen molar-refractivity contribution in [3.8, 4) is 5.75 Å². The topological polar surface area (TPSA) is 38.8 Å². The van der Waals surface area contributed by atoms with Crippen LogP contribution >= 0.6 is 0 Å². The molecular weight excluding hydrogens is 440 g/mol. The van der Waals surface area contributed by atoms with E-state index >= 15 is 0 Å². The molecule has 3 rings (SSSR count). The number of alkyl halides is 6. The monoisotopic (exact) mass is 461 g/mol. The maximum atomic E-state index is 13.1. The predicted octanol–water partition coefficient (Wildman–Crippen LogP) is 6.60. The van der Waals surface area contributed by atoms with Crippen molar-refractivity contribution in [2.45, 2.75) is 51.8 Å². The van der Waals surface area contributed by atoms with E-state index in [2.05, 4.69) is 0 Å². The van der Waals surface area contributed by atoms with Crippen LogP contribution in [0.1, 0.15) is 43.0 Å². The Balaban J connectivity index is 1.75. The minimum atomic E-state index is -5.15. The molecular formula is C22H21F6NO3. The smallest absolute Gasteiger partial charge is 0.417 e. The summed E-state index contributed by atoms with van der Waals surface area (Å²) in [6.45, 7) is 5.32. The molecule has 1 heterocycles. The van der Waals surface area contributed by atoms with E-state index in [1.54, 1.807) is 32.9 Å². The van der Waals surface area contributed by atoms with Crippen LogP contribution in [0, 0.1) is 0 Å². The van der Waals surface area contributed by atoms with Crippen molar-refractivity contribution in [2.24, 2.45) is 0 Å². The zero-order valence-corrected chi connectivity index (χ0v) is 17.5. The third-order valence-electron chi connectivity index (χ3n) is 4.66. The molecule has 0 N–H and O–H groups in total. The number of nitrogens with zero attached hydrogens (tertiary/aromatic N) is 1. The average molecular weight is 461 g/mol. The second-order valence-electron chi connectivity index (χ2n) is 8.34. The molecule has 174 valence electrons. The van der Waals surface area contributed by atoms with Crippen molar-refractivity contribution in [1.29, 1.82) is 0 Å². The largest absolute Gasteiger partial charge is 0.489 e. The summed E-state index contributed by atoms with van der Waals surface area (Å²) in [6, 6.07) is 6.62. The molecule has 0 unspecified atom stereocenters. The van der Waals surface area contributed by atoms with Crippen LogP contribution in [0.3, 0.4) is 0 Å². The number of halogens is 6. The van der Waals surface area contributed by atoms with E-state index in [0.29, 0.717) is 36.5 Å². The van der Waals surface area contributed by atoms with Crippen LogP contribution in [-0.4, -0.2) is 18.2 Å². The highest BCUT2D eigenvalue weighted by atomic mass is 19.4. The van der Waals surface area contributed by atoms with E-state index in [-0.39, 0.29) is 12.2 Å². The van der Waals surface area contributed by atoms with Crippen molar-refractivity contribution in [3.63, 3.8) is 0 Å². The predicted molar refractivity (Wildman–Crippen MR) is 105 cm³/mol. The Bertz CT molecular complexity index is 1010. The van der Waals surface area contributed by atoms with Crippen LogP contribution in [0.25, 0.3) is 0 Å². The van der Waals surface area contributed by atoms with Gasteiger partial charge in [-0.15, -0.1) is 0 Å². The number of hydrogen-bond donors (Lipinski definition) is 0. The zero-order chi connectivity index (χ0) is 23.9. The quantitative estimate of drug-likeness (QED) is 0.484. The number of hydrogen-bond acceptors (Lipinski definition) is 3. The van der Waals surface area contributed by atoms with Crippen molar-refractivity contribution in [2.75, 3.05) is 11.4 Å². The first-order valence-corrected chi connectivity index (χ1v) is 9.69. The fraction of sp³-hybridized carbons (Fsp3) is 0.409. The van der Waals surface area contributed by atoms with Gasteiger partial charge in [-0.05, 0) is 68.7 Å². The summed E-state index contributed by atoms with van der Waals surface area (Å²) < 4.78 is 88.9. The summed E-state index contributed by atoms with van der Waals surface area (Å²) >= 11 is 0. The Hall–Kier alpha value is -2.91. The van der Waals surface area contributed by atoms with Crippen LogP contribution in [0.2, 0.25) is 0 Å². The Kier molecular flexibility index (Phi) is 6.10. The molecule has 0 radical (unpaired) electrons. The molecule has 4 nitrogen and oxygen atoms in total. The molecule has 1 aliphatic heterocycles. The second-order valence-corrected chi connectivity index (χ2v) is 8.34. The Morgan fingerprint density at radius 2 is 1.59 bits per heavy atom. The van der Waals surface area contributed by atoms with Crippen molar-refractivity contribution in [1.82, 2.24) is 0 Å². The third-order valence-corrected chi connectivity index (χ3v) is 4.66. The number of benzene rings is 2. The maximum Gasteiger partial charge on any atom is 0.417 e. The highest BCUT2D eigenvalue weighted by Gasteiger charge is 2.43. The molecule has 2 aromatic rings. The van der Waals surface area contributed by atoms with Gasteiger partial charge in [-0.2, -0.15) is 26.3 Å². The van der Waals surface area contributed by atoms with Gasteiger partial charge in [0.1, 0.15) is 18.0 Å². The molecule has 10 heteroatoms. The van der Waals surface area contributed by atoms with E-state index in [4.69, 9.17) is 9.47 Å². The first-order chi connectivity index (χ1) is 14.6. The molecule has 1 amide bonds. The SMILES string of the molecule is CC(C)(C)OC(=O)N1CCc2cc(OCc3ccc(C(F)(F)F)c(C(F)(F)F)c3)ccc21. The lowest BCUT2D eigenvalue weighted by Crippen LogP contribution is -2.35. The minimum absolute atomic E-state index is 0.0544. The van der Waals surface area contributed by atoms with Gasteiger partial charge in [-0.25, -0.2) is 4.79 Å². The second kappa shape index (κ2) is 8.22. The molecule has 0 bridgehead atoms. The fourth-order valence-electron chi connectivity index (χ4n) is 3.30. The number of rotatable bonds is 3. The number of anilines is 1. The number of amides is 1. The standard InChI is InChI=1S/C22H21F6NO3/c1-20(2,3)32-19(30)29-9-8-14-11-15(5-7-18(14)29)31-12-13-4-6-16(21(23,24)25)17(10-13)22(26,27)28/h4-7,10-11H,8-9,12H2,1-3H3. The lowest BCUT2D eigenvalue weighted by molar-refractivity contribution is -0.162. The van der Waals surface area contributed by atoms with Gasteiger partial charge in [0.25, 0.3) is 0 Å². The number of fused-ring (bicyclic) bond motifs is 1. The first kappa shape index (κ1) is 23.7. The average Bonchev–Trinajstić information content (AvgIpc) is 3.06. The Labute approximate surface area is 180 Å². The number of carbonyl (C=O) groups excluding carboxylic acids is 1. The van der Waals surface area contributed by atoms with Crippen molar-refractivity contribution >= 4 is 11.8 Å². The summed E-state index contributed by atoms with van der Waals surface area (Å²) in [5, 5.41) is 0. The van der Waals surface area contributed by atoms with E-state index in [0.717, 1.165) is 11.6 Å². The van der Waals surface area contributed by atoms with E-state index in [1.807, 2.05) is 0 Å². The lowest BCUT2D eigenvalue weighted by Gasteiger charge is -2.24. The Morgan fingerprint density at radius 1 is 0.938 bits per heavy atom. The van der Waals surface area contributed by atoms with Gasteiger partial charge < -0.3 is 9.47 Å².